The maximum Gasteiger partial charge on any atom is 0.224 e. The van der Waals surface area contributed by atoms with Crippen LogP contribution in [0.3, 0.4) is 0 Å². The van der Waals surface area contributed by atoms with Crippen LogP contribution in [0.2, 0.25) is 0 Å². The van der Waals surface area contributed by atoms with Gasteiger partial charge in [-0.1, -0.05) is 24.3 Å². The van der Waals surface area contributed by atoms with E-state index in [4.69, 9.17) is 4.74 Å². The highest BCUT2D eigenvalue weighted by Crippen LogP contribution is 2.22. The Kier molecular flexibility index (Phi) is 8.97. The third-order valence-corrected chi connectivity index (χ3v) is 4.36. The Morgan fingerprint density at radius 3 is 2.74 bits per heavy atom. The van der Waals surface area contributed by atoms with Crippen LogP contribution in [0.25, 0.3) is 11.3 Å². The molecule has 0 unspecified atom stereocenters. The topological polar surface area (TPSA) is 82.3 Å². The summed E-state index contributed by atoms with van der Waals surface area (Å²) < 4.78 is 4.98. The Balaban J connectivity index is 1.92. The maximum absolute atomic E-state index is 12.0. The van der Waals surface area contributed by atoms with Crippen LogP contribution in [-0.2, 0) is 22.5 Å². The van der Waals surface area contributed by atoms with Crippen LogP contribution in [0.5, 0.6) is 0 Å². The van der Waals surface area contributed by atoms with Gasteiger partial charge in [0.2, 0.25) is 5.91 Å². The smallest absolute Gasteiger partial charge is 0.224 e. The van der Waals surface area contributed by atoms with Crippen molar-refractivity contribution in [3.8, 4) is 11.3 Å². The number of rotatable bonds is 12. The number of ether oxygens (including phenoxy) is 1. The lowest BCUT2D eigenvalue weighted by Gasteiger charge is -2.16. The molecule has 2 aromatic rings. The summed E-state index contributed by atoms with van der Waals surface area (Å²) >= 11 is 0. The number of benzene rings is 1. The van der Waals surface area contributed by atoms with E-state index in [1.54, 1.807) is 7.11 Å². The highest BCUT2D eigenvalue weighted by atomic mass is 16.5. The first-order chi connectivity index (χ1) is 13.1. The van der Waals surface area contributed by atoms with Crippen molar-refractivity contribution in [2.45, 2.75) is 19.4 Å². The van der Waals surface area contributed by atoms with Gasteiger partial charge in [-0.3, -0.25) is 9.89 Å². The molecule has 0 atom stereocenters. The summed E-state index contributed by atoms with van der Waals surface area (Å²) in [6, 6.07) is 8.08. The predicted molar refractivity (Wildman–Crippen MR) is 107 cm³/mol. The average molecular weight is 374 g/mol. The third kappa shape index (κ3) is 7.13. The molecule has 0 saturated carbocycles. The number of nitrogens with one attached hydrogen (secondary N) is 3. The molecule has 1 aromatic carbocycles. The van der Waals surface area contributed by atoms with Crippen LogP contribution in [-0.4, -0.2) is 68.5 Å². The third-order valence-electron chi connectivity index (χ3n) is 4.36. The van der Waals surface area contributed by atoms with Gasteiger partial charge in [0.25, 0.3) is 0 Å². The molecule has 0 saturated heterocycles. The second kappa shape index (κ2) is 11.5. The van der Waals surface area contributed by atoms with Crippen molar-refractivity contribution in [1.29, 1.82) is 0 Å². The molecule has 2 rings (SSSR count). The Hall–Kier alpha value is -2.22. The Morgan fingerprint density at radius 1 is 1.26 bits per heavy atom. The Morgan fingerprint density at radius 2 is 2.04 bits per heavy atom. The SMILES string of the molecule is CNCCN(C)Cc1cn[nH]c1-c1ccc(CC(=O)NCCCOC)cc1. The van der Waals surface area contributed by atoms with Crippen LogP contribution in [0.15, 0.2) is 30.5 Å². The fourth-order valence-electron chi connectivity index (χ4n) is 2.83. The predicted octanol–water partition coefficient (Wildman–Crippen LogP) is 1.42. The number of H-pyrrole nitrogens is 1. The molecule has 0 spiro atoms. The summed E-state index contributed by atoms with van der Waals surface area (Å²) in [6.45, 7) is 4.06. The van der Waals surface area contributed by atoms with Gasteiger partial charge in [-0.15, -0.1) is 0 Å². The zero-order chi connectivity index (χ0) is 19.5. The number of carbonyl (C=O) groups is 1. The number of amides is 1. The Bertz CT molecular complexity index is 684. The molecule has 0 aliphatic carbocycles. The Labute approximate surface area is 161 Å². The molecule has 148 valence electrons. The number of hydrogen-bond donors (Lipinski definition) is 3. The minimum absolute atomic E-state index is 0.0345. The molecule has 7 heteroatoms. The van der Waals surface area contributed by atoms with Gasteiger partial charge < -0.3 is 20.3 Å². The zero-order valence-corrected chi connectivity index (χ0v) is 16.5. The first-order valence-corrected chi connectivity index (χ1v) is 9.34. The molecule has 0 aliphatic rings. The number of aromatic amines is 1. The van der Waals surface area contributed by atoms with Gasteiger partial charge >= 0.3 is 0 Å². The van der Waals surface area contributed by atoms with E-state index >= 15 is 0 Å². The molecular weight excluding hydrogens is 342 g/mol. The molecule has 1 aromatic heterocycles. The van der Waals surface area contributed by atoms with E-state index in [-0.39, 0.29) is 5.91 Å². The summed E-state index contributed by atoms with van der Waals surface area (Å²) in [5, 5.41) is 13.4. The highest BCUT2D eigenvalue weighted by Gasteiger charge is 2.10. The van der Waals surface area contributed by atoms with Crippen molar-refractivity contribution < 1.29 is 9.53 Å². The van der Waals surface area contributed by atoms with Crippen molar-refractivity contribution in [1.82, 2.24) is 25.7 Å². The molecule has 0 bridgehead atoms. The van der Waals surface area contributed by atoms with Gasteiger partial charge in [-0.2, -0.15) is 5.10 Å². The summed E-state index contributed by atoms with van der Waals surface area (Å²) in [5.41, 5.74) is 4.27. The average Bonchev–Trinajstić information content (AvgIpc) is 3.12. The number of aromatic nitrogens is 2. The van der Waals surface area contributed by atoms with Gasteiger partial charge in [0.05, 0.1) is 18.3 Å². The van der Waals surface area contributed by atoms with Gasteiger partial charge in [-0.25, -0.2) is 0 Å². The minimum atomic E-state index is 0.0345. The van der Waals surface area contributed by atoms with E-state index in [0.29, 0.717) is 19.6 Å². The molecular formula is C20H31N5O2. The second-order valence-electron chi connectivity index (χ2n) is 6.68. The first kappa shape index (κ1) is 21.1. The van der Waals surface area contributed by atoms with Crippen molar-refractivity contribution >= 4 is 5.91 Å². The van der Waals surface area contributed by atoms with Crippen molar-refractivity contribution in [3.63, 3.8) is 0 Å². The lowest BCUT2D eigenvalue weighted by Crippen LogP contribution is -2.27. The van der Waals surface area contributed by atoms with E-state index in [9.17, 15) is 4.79 Å². The standard InChI is InChI=1S/C20H31N5O2/c1-21-10-11-25(2)15-18-14-23-24-20(18)17-7-5-16(6-8-17)13-19(26)22-9-4-12-27-3/h5-8,14,21H,4,9-13,15H2,1-3H3,(H,22,26)(H,23,24). The number of methoxy groups -OCH3 is 1. The monoisotopic (exact) mass is 373 g/mol. The van der Waals surface area contributed by atoms with Crippen LogP contribution >= 0.6 is 0 Å². The van der Waals surface area contributed by atoms with E-state index in [1.807, 2.05) is 37.5 Å². The summed E-state index contributed by atoms with van der Waals surface area (Å²) in [5.74, 6) is 0.0345. The van der Waals surface area contributed by atoms with Crippen molar-refractivity contribution in [3.05, 3.63) is 41.6 Å². The number of hydrogen-bond acceptors (Lipinski definition) is 5. The van der Waals surface area contributed by atoms with E-state index in [1.165, 1.54) is 0 Å². The first-order valence-electron chi connectivity index (χ1n) is 9.34. The molecule has 1 heterocycles. The van der Waals surface area contributed by atoms with Crippen LogP contribution in [0.4, 0.5) is 0 Å². The molecule has 1 amide bonds. The number of carbonyl (C=O) groups excluding carboxylic acids is 1. The largest absolute Gasteiger partial charge is 0.385 e. The van der Waals surface area contributed by atoms with Gasteiger partial charge in [0.1, 0.15) is 0 Å². The molecule has 3 N–H and O–H groups in total. The van der Waals surface area contributed by atoms with Crippen molar-refractivity contribution in [2.75, 3.05) is 47.4 Å². The summed E-state index contributed by atoms with van der Waals surface area (Å²) in [4.78, 5) is 14.2. The van der Waals surface area contributed by atoms with Gasteiger partial charge in [-0.05, 0) is 31.6 Å². The lowest BCUT2D eigenvalue weighted by atomic mass is 10.0. The molecule has 0 fully saturated rings. The zero-order valence-electron chi connectivity index (χ0n) is 16.5. The van der Waals surface area contributed by atoms with E-state index in [0.717, 1.165) is 48.4 Å². The van der Waals surface area contributed by atoms with Crippen LogP contribution < -0.4 is 10.6 Å². The normalized spacial score (nSPS) is 11.1. The highest BCUT2D eigenvalue weighted by molar-refractivity contribution is 5.78. The summed E-state index contributed by atoms with van der Waals surface area (Å²) in [7, 11) is 5.72. The second-order valence-corrected chi connectivity index (χ2v) is 6.68. The van der Waals surface area contributed by atoms with Gasteiger partial charge in [0, 0.05) is 45.5 Å². The number of nitrogens with zero attached hydrogens (tertiary/aromatic N) is 2. The van der Waals surface area contributed by atoms with Crippen LogP contribution in [0.1, 0.15) is 17.5 Å². The summed E-state index contributed by atoms with van der Waals surface area (Å²) in [6.07, 6.45) is 3.09. The van der Waals surface area contributed by atoms with E-state index < -0.39 is 0 Å². The van der Waals surface area contributed by atoms with Crippen molar-refractivity contribution in [2.24, 2.45) is 0 Å². The molecule has 0 aliphatic heterocycles. The molecule has 7 nitrogen and oxygen atoms in total. The maximum atomic E-state index is 12.0. The van der Waals surface area contributed by atoms with E-state index in [2.05, 4.69) is 32.8 Å². The fourth-order valence-corrected chi connectivity index (χ4v) is 2.83. The number of likely N-dealkylation sites (N-methyl/N-ethyl adjacent to an activating group) is 2. The van der Waals surface area contributed by atoms with Gasteiger partial charge in [0.15, 0.2) is 0 Å². The minimum Gasteiger partial charge on any atom is -0.385 e. The lowest BCUT2D eigenvalue weighted by molar-refractivity contribution is -0.120. The molecule has 0 radical (unpaired) electrons. The molecule has 27 heavy (non-hydrogen) atoms. The fraction of sp³-hybridized carbons (Fsp3) is 0.500. The quantitative estimate of drug-likeness (QED) is 0.490. The van der Waals surface area contributed by atoms with Crippen LogP contribution in [0, 0.1) is 0 Å².